The van der Waals surface area contributed by atoms with Gasteiger partial charge in [0, 0.05) is 0 Å². The maximum Gasteiger partial charge on any atom is 0.416 e. The van der Waals surface area contributed by atoms with E-state index in [2.05, 4.69) is 0 Å². The van der Waals surface area contributed by atoms with Crippen LogP contribution in [-0.2, 0) is 6.18 Å². The average Bonchev–Trinajstić information content (AvgIpc) is 2.27. The zero-order valence-electron chi connectivity index (χ0n) is 9.84. The van der Waals surface area contributed by atoms with E-state index in [1.807, 2.05) is 0 Å². The first-order valence-corrected chi connectivity index (χ1v) is 5.73. The summed E-state index contributed by atoms with van der Waals surface area (Å²) in [5, 5.41) is -0.910. The summed E-state index contributed by atoms with van der Waals surface area (Å²) in [6.45, 7) is 3.33. The van der Waals surface area contributed by atoms with Gasteiger partial charge in [-0.05, 0) is 32.0 Å². The van der Waals surface area contributed by atoms with Gasteiger partial charge in [0.05, 0.1) is 23.1 Å². The molecule has 0 saturated heterocycles. The van der Waals surface area contributed by atoms with Crippen LogP contribution in [0.3, 0.4) is 0 Å². The van der Waals surface area contributed by atoms with Gasteiger partial charge in [0.2, 0.25) is 0 Å². The molecule has 1 unspecified atom stereocenters. The van der Waals surface area contributed by atoms with Crippen LogP contribution in [0.2, 0.25) is 0 Å². The summed E-state index contributed by atoms with van der Waals surface area (Å²) >= 11 is 5.62. The van der Waals surface area contributed by atoms with Crippen LogP contribution in [0.4, 0.5) is 13.2 Å². The maximum absolute atomic E-state index is 12.6. The summed E-state index contributed by atoms with van der Waals surface area (Å²) in [4.78, 5) is 11.7. The Kier molecular flexibility index (Phi) is 4.62. The number of carbonyl (C=O) groups excluding carboxylic acids is 1. The molecule has 1 atom stereocenters. The van der Waals surface area contributed by atoms with Crippen LogP contribution in [0, 0.1) is 0 Å². The van der Waals surface area contributed by atoms with Crippen LogP contribution in [0.5, 0.6) is 5.75 Å². The van der Waals surface area contributed by atoms with Gasteiger partial charge in [0.1, 0.15) is 5.75 Å². The Labute approximate surface area is 108 Å². The van der Waals surface area contributed by atoms with Gasteiger partial charge in [-0.25, -0.2) is 0 Å². The summed E-state index contributed by atoms with van der Waals surface area (Å²) in [7, 11) is 0. The van der Waals surface area contributed by atoms with Gasteiger partial charge in [0.15, 0.2) is 5.78 Å². The highest BCUT2D eigenvalue weighted by Crippen LogP contribution is 2.33. The molecular formula is C12H12ClF3O2. The van der Waals surface area contributed by atoms with Gasteiger partial charge in [-0.3, -0.25) is 4.79 Å². The highest BCUT2D eigenvalue weighted by atomic mass is 35.5. The van der Waals surface area contributed by atoms with Gasteiger partial charge < -0.3 is 4.74 Å². The normalized spacial score (nSPS) is 13.2. The minimum Gasteiger partial charge on any atom is -0.493 e. The standard InChI is InChI=1S/C12H12ClF3O2/c1-3-18-10-5-4-8(12(14,15)16)6-9(10)11(17)7(2)13/h4-7H,3H2,1-2H3. The first kappa shape index (κ1) is 14.8. The highest BCUT2D eigenvalue weighted by molar-refractivity contribution is 6.33. The summed E-state index contributed by atoms with van der Waals surface area (Å²) < 4.78 is 42.8. The van der Waals surface area contributed by atoms with Crippen molar-refractivity contribution in [1.82, 2.24) is 0 Å². The smallest absolute Gasteiger partial charge is 0.416 e. The van der Waals surface area contributed by atoms with Crippen molar-refractivity contribution in [2.75, 3.05) is 6.61 Å². The summed E-state index contributed by atoms with van der Waals surface area (Å²) in [5.74, 6) is -0.478. The van der Waals surface area contributed by atoms with Crippen molar-refractivity contribution in [3.8, 4) is 5.75 Å². The summed E-state index contributed by atoms with van der Waals surface area (Å²) in [6.07, 6.45) is -4.50. The molecule has 0 heterocycles. The molecule has 2 nitrogen and oxygen atoms in total. The second kappa shape index (κ2) is 5.61. The Morgan fingerprint density at radius 1 is 1.44 bits per heavy atom. The number of ketones is 1. The monoisotopic (exact) mass is 280 g/mol. The molecule has 0 amide bonds. The van der Waals surface area contributed by atoms with E-state index in [4.69, 9.17) is 16.3 Å². The lowest BCUT2D eigenvalue weighted by Gasteiger charge is -2.13. The fourth-order valence-electron chi connectivity index (χ4n) is 1.39. The Hall–Kier alpha value is -1.23. The van der Waals surface area contributed by atoms with Crippen LogP contribution >= 0.6 is 11.6 Å². The molecule has 0 radical (unpaired) electrons. The van der Waals surface area contributed by atoms with E-state index in [0.717, 1.165) is 18.2 Å². The molecule has 0 bridgehead atoms. The third kappa shape index (κ3) is 3.38. The molecule has 0 aliphatic heterocycles. The van der Waals surface area contributed by atoms with Crippen molar-refractivity contribution in [3.05, 3.63) is 29.3 Å². The maximum atomic E-state index is 12.6. The van der Waals surface area contributed by atoms with Crippen molar-refractivity contribution in [1.29, 1.82) is 0 Å². The molecule has 0 N–H and O–H groups in total. The second-order valence-electron chi connectivity index (χ2n) is 3.62. The Bertz CT molecular complexity index is 441. The van der Waals surface area contributed by atoms with Crippen molar-refractivity contribution < 1.29 is 22.7 Å². The van der Waals surface area contributed by atoms with Crippen molar-refractivity contribution in [3.63, 3.8) is 0 Å². The van der Waals surface area contributed by atoms with Crippen LogP contribution < -0.4 is 4.74 Å². The number of carbonyl (C=O) groups is 1. The quantitative estimate of drug-likeness (QED) is 0.617. The number of rotatable bonds is 4. The Balaban J connectivity index is 3.28. The molecule has 0 fully saturated rings. The Morgan fingerprint density at radius 2 is 2.06 bits per heavy atom. The van der Waals surface area contributed by atoms with Crippen LogP contribution in [0.1, 0.15) is 29.8 Å². The molecule has 0 saturated carbocycles. The fourth-order valence-corrected chi connectivity index (χ4v) is 1.51. The molecule has 1 rings (SSSR count). The zero-order valence-corrected chi connectivity index (χ0v) is 10.6. The summed E-state index contributed by atoms with van der Waals surface area (Å²) in [5.41, 5.74) is -1.04. The van der Waals surface area contributed by atoms with Gasteiger partial charge in [-0.2, -0.15) is 13.2 Å². The SMILES string of the molecule is CCOc1ccc(C(F)(F)F)cc1C(=O)C(C)Cl. The third-order valence-electron chi connectivity index (χ3n) is 2.23. The first-order chi connectivity index (χ1) is 8.27. The van der Waals surface area contributed by atoms with E-state index in [0.29, 0.717) is 0 Å². The Morgan fingerprint density at radius 3 is 2.50 bits per heavy atom. The van der Waals surface area contributed by atoms with Gasteiger partial charge >= 0.3 is 6.18 Å². The molecule has 0 aliphatic carbocycles. The number of Topliss-reactive ketones (excluding diaryl/α,β-unsaturated/α-hetero) is 1. The third-order valence-corrected chi connectivity index (χ3v) is 2.43. The predicted molar refractivity (Wildman–Crippen MR) is 62.3 cm³/mol. The van der Waals surface area contributed by atoms with Crippen LogP contribution in [0.25, 0.3) is 0 Å². The molecule has 100 valence electrons. The number of hydrogen-bond donors (Lipinski definition) is 0. The van der Waals surface area contributed by atoms with Gasteiger partial charge in [-0.15, -0.1) is 11.6 Å². The van der Waals surface area contributed by atoms with Gasteiger partial charge in [-0.1, -0.05) is 0 Å². The zero-order chi connectivity index (χ0) is 13.9. The van der Waals surface area contributed by atoms with E-state index in [1.54, 1.807) is 6.92 Å². The van der Waals surface area contributed by atoms with Crippen molar-refractivity contribution in [2.45, 2.75) is 25.4 Å². The first-order valence-electron chi connectivity index (χ1n) is 5.29. The lowest BCUT2D eigenvalue weighted by molar-refractivity contribution is -0.137. The number of alkyl halides is 4. The minimum atomic E-state index is -4.50. The molecular weight excluding hydrogens is 269 g/mol. The highest BCUT2D eigenvalue weighted by Gasteiger charge is 2.32. The van der Waals surface area contributed by atoms with E-state index in [-0.39, 0.29) is 17.9 Å². The molecule has 18 heavy (non-hydrogen) atoms. The van der Waals surface area contributed by atoms with E-state index in [1.165, 1.54) is 6.92 Å². The fraction of sp³-hybridized carbons (Fsp3) is 0.417. The molecule has 1 aromatic rings. The van der Waals surface area contributed by atoms with E-state index < -0.39 is 22.9 Å². The molecule has 1 aromatic carbocycles. The van der Waals surface area contributed by atoms with Crippen LogP contribution in [0.15, 0.2) is 18.2 Å². The van der Waals surface area contributed by atoms with E-state index >= 15 is 0 Å². The van der Waals surface area contributed by atoms with E-state index in [9.17, 15) is 18.0 Å². The largest absolute Gasteiger partial charge is 0.493 e. The summed E-state index contributed by atoms with van der Waals surface area (Å²) in [6, 6.07) is 2.78. The minimum absolute atomic E-state index is 0.114. The lowest BCUT2D eigenvalue weighted by atomic mass is 10.0. The number of ether oxygens (including phenoxy) is 1. The van der Waals surface area contributed by atoms with Crippen molar-refractivity contribution >= 4 is 17.4 Å². The molecule has 0 spiro atoms. The predicted octanol–water partition coefficient (Wildman–Crippen LogP) is 3.91. The number of halogens is 4. The topological polar surface area (TPSA) is 26.3 Å². The number of benzene rings is 1. The van der Waals surface area contributed by atoms with Gasteiger partial charge in [0.25, 0.3) is 0 Å². The van der Waals surface area contributed by atoms with Crippen molar-refractivity contribution in [2.24, 2.45) is 0 Å². The lowest BCUT2D eigenvalue weighted by Crippen LogP contribution is -2.15. The molecule has 0 aromatic heterocycles. The average molecular weight is 281 g/mol. The molecule has 6 heteroatoms. The van der Waals surface area contributed by atoms with Crippen LogP contribution in [-0.4, -0.2) is 17.8 Å². The second-order valence-corrected chi connectivity index (χ2v) is 4.28. The number of hydrogen-bond acceptors (Lipinski definition) is 2. The molecule has 0 aliphatic rings.